The molecule has 2 unspecified atom stereocenters. The van der Waals surface area contributed by atoms with E-state index >= 15 is 0 Å². The second-order valence-corrected chi connectivity index (χ2v) is 3.73. The zero-order chi connectivity index (χ0) is 9.52. The average Bonchev–Trinajstić information content (AvgIpc) is 2.19. The normalized spacial score (nSPS) is 25.8. The molecule has 13 heavy (non-hydrogen) atoms. The summed E-state index contributed by atoms with van der Waals surface area (Å²) >= 11 is 0. The summed E-state index contributed by atoms with van der Waals surface area (Å²) in [4.78, 5) is 0. The van der Waals surface area contributed by atoms with Gasteiger partial charge in [-0.15, -0.1) is 0 Å². The van der Waals surface area contributed by atoms with Gasteiger partial charge in [0.1, 0.15) is 0 Å². The van der Waals surface area contributed by atoms with Crippen molar-refractivity contribution in [3.63, 3.8) is 0 Å². The van der Waals surface area contributed by atoms with E-state index in [1.54, 1.807) is 7.11 Å². The first-order valence-electron chi connectivity index (χ1n) is 5.17. The van der Waals surface area contributed by atoms with E-state index in [-0.39, 0.29) is 6.10 Å². The molecule has 1 aliphatic rings. The van der Waals surface area contributed by atoms with Crippen LogP contribution in [0.2, 0.25) is 0 Å². The first kappa shape index (κ1) is 11.0. The number of ether oxygens (including phenoxy) is 2. The highest BCUT2D eigenvalue weighted by Crippen LogP contribution is 2.07. The van der Waals surface area contributed by atoms with Crippen LogP contribution >= 0.6 is 0 Å². The Morgan fingerprint density at radius 2 is 2.31 bits per heavy atom. The summed E-state index contributed by atoms with van der Waals surface area (Å²) in [5.74, 6) is 0. The Morgan fingerprint density at radius 3 is 2.92 bits per heavy atom. The number of rotatable bonds is 5. The predicted molar refractivity (Wildman–Crippen MR) is 52.9 cm³/mol. The third-order valence-electron chi connectivity index (χ3n) is 2.49. The predicted octanol–water partition coefficient (Wildman–Crippen LogP) is 1.18. The Bertz CT molecular complexity index is 124. The number of hydrogen-bond acceptors (Lipinski definition) is 3. The summed E-state index contributed by atoms with van der Waals surface area (Å²) in [5.41, 5.74) is 0. The molecular formula is C10H21NO2. The van der Waals surface area contributed by atoms with Gasteiger partial charge in [-0.2, -0.15) is 0 Å². The molecular weight excluding hydrogens is 166 g/mol. The summed E-state index contributed by atoms with van der Waals surface area (Å²) in [6, 6.07) is 0.567. The molecule has 0 aliphatic carbocycles. The first-order valence-corrected chi connectivity index (χ1v) is 5.17. The average molecular weight is 187 g/mol. The lowest BCUT2D eigenvalue weighted by Crippen LogP contribution is -2.38. The van der Waals surface area contributed by atoms with Gasteiger partial charge >= 0.3 is 0 Å². The van der Waals surface area contributed by atoms with Gasteiger partial charge in [0.05, 0.1) is 19.3 Å². The Hall–Kier alpha value is -0.120. The number of hydrogen-bond donors (Lipinski definition) is 1. The van der Waals surface area contributed by atoms with Crippen LogP contribution in [0.4, 0.5) is 0 Å². The van der Waals surface area contributed by atoms with Gasteiger partial charge < -0.3 is 14.8 Å². The quantitative estimate of drug-likeness (QED) is 0.701. The van der Waals surface area contributed by atoms with Gasteiger partial charge in [-0.05, 0) is 26.3 Å². The van der Waals surface area contributed by atoms with Gasteiger partial charge in [0.2, 0.25) is 0 Å². The lowest BCUT2D eigenvalue weighted by atomic mass is 10.1. The molecule has 1 heterocycles. The van der Waals surface area contributed by atoms with E-state index in [0.29, 0.717) is 12.6 Å². The fraction of sp³-hybridized carbons (Fsp3) is 1.00. The molecule has 0 spiro atoms. The van der Waals surface area contributed by atoms with Crippen LogP contribution in [0.1, 0.15) is 26.2 Å². The summed E-state index contributed by atoms with van der Waals surface area (Å²) in [5, 5.41) is 3.45. The Kier molecular flexibility index (Phi) is 5.35. The Morgan fingerprint density at radius 1 is 1.46 bits per heavy atom. The zero-order valence-corrected chi connectivity index (χ0v) is 8.71. The Labute approximate surface area is 80.8 Å². The minimum absolute atomic E-state index is 0.212. The van der Waals surface area contributed by atoms with Crippen molar-refractivity contribution in [2.45, 2.75) is 38.3 Å². The van der Waals surface area contributed by atoms with Crippen molar-refractivity contribution in [3.05, 3.63) is 0 Å². The largest absolute Gasteiger partial charge is 0.379 e. The first-order chi connectivity index (χ1) is 6.33. The van der Waals surface area contributed by atoms with Gasteiger partial charge in [0.15, 0.2) is 0 Å². The highest BCUT2D eigenvalue weighted by Gasteiger charge is 2.12. The van der Waals surface area contributed by atoms with Crippen LogP contribution in [-0.4, -0.2) is 39.0 Å². The van der Waals surface area contributed by atoms with Crippen molar-refractivity contribution in [1.82, 2.24) is 5.32 Å². The minimum atomic E-state index is 0.212. The fourth-order valence-corrected chi connectivity index (χ4v) is 1.51. The van der Waals surface area contributed by atoms with Gasteiger partial charge in [-0.1, -0.05) is 6.42 Å². The molecule has 0 aromatic rings. The van der Waals surface area contributed by atoms with Crippen molar-refractivity contribution < 1.29 is 9.47 Å². The highest BCUT2D eigenvalue weighted by atomic mass is 16.5. The topological polar surface area (TPSA) is 30.5 Å². The highest BCUT2D eigenvalue weighted by molar-refractivity contribution is 4.71. The van der Waals surface area contributed by atoms with Gasteiger partial charge in [0.25, 0.3) is 0 Å². The van der Waals surface area contributed by atoms with Crippen molar-refractivity contribution >= 4 is 0 Å². The summed E-state index contributed by atoms with van der Waals surface area (Å²) in [7, 11) is 1.72. The van der Waals surface area contributed by atoms with E-state index in [2.05, 4.69) is 5.32 Å². The second-order valence-electron chi connectivity index (χ2n) is 3.73. The van der Waals surface area contributed by atoms with Crippen LogP contribution in [0.3, 0.4) is 0 Å². The van der Waals surface area contributed by atoms with E-state index in [1.807, 2.05) is 6.92 Å². The summed E-state index contributed by atoms with van der Waals surface area (Å²) < 4.78 is 10.6. The maximum atomic E-state index is 5.54. The van der Waals surface area contributed by atoms with Gasteiger partial charge in [-0.25, -0.2) is 0 Å². The van der Waals surface area contributed by atoms with Crippen LogP contribution in [-0.2, 0) is 9.47 Å². The fourth-order valence-electron chi connectivity index (χ4n) is 1.51. The Balaban J connectivity index is 1.98. The molecule has 1 N–H and O–H groups in total. The van der Waals surface area contributed by atoms with Crippen LogP contribution in [0.5, 0.6) is 0 Å². The zero-order valence-electron chi connectivity index (χ0n) is 8.71. The molecule has 0 aromatic heterocycles. The van der Waals surface area contributed by atoms with Crippen LogP contribution in [0.15, 0.2) is 0 Å². The smallest absolute Gasteiger partial charge is 0.0776 e. The van der Waals surface area contributed by atoms with Gasteiger partial charge in [-0.3, -0.25) is 0 Å². The molecule has 1 fully saturated rings. The molecule has 1 saturated heterocycles. The second kappa shape index (κ2) is 6.35. The molecule has 78 valence electrons. The van der Waals surface area contributed by atoms with Crippen molar-refractivity contribution in [2.24, 2.45) is 0 Å². The molecule has 1 rings (SSSR count). The monoisotopic (exact) mass is 187 g/mol. The van der Waals surface area contributed by atoms with E-state index in [9.17, 15) is 0 Å². The van der Waals surface area contributed by atoms with Crippen molar-refractivity contribution in [1.29, 1.82) is 0 Å². The van der Waals surface area contributed by atoms with Crippen LogP contribution < -0.4 is 5.32 Å². The van der Waals surface area contributed by atoms with E-state index in [4.69, 9.17) is 9.47 Å². The van der Waals surface area contributed by atoms with E-state index < -0.39 is 0 Å². The van der Waals surface area contributed by atoms with Crippen molar-refractivity contribution in [3.8, 4) is 0 Å². The van der Waals surface area contributed by atoms with E-state index in [0.717, 1.165) is 13.2 Å². The SMILES string of the molecule is COC(C)COCC1CCCCN1. The molecule has 2 atom stereocenters. The third kappa shape index (κ3) is 4.60. The van der Waals surface area contributed by atoms with Crippen LogP contribution in [0.25, 0.3) is 0 Å². The molecule has 0 radical (unpaired) electrons. The van der Waals surface area contributed by atoms with E-state index in [1.165, 1.54) is 19.3 Å². The summed E-state index contributed by atoms with van der Waals surface area (Å²) in [6.07, 6.45) is 4.11. The molecule has 3 heteroatoms. The standard InChI is InChI=1S/C10H21NO2/c1-9(12-2)7-13-8-10-5-3-4-6-11-10/h9-11H,3-8H2,1-2H3. The lowest BCUT2D eigenvalue weighted by molar-refractivity contribution is 0.00912. The maximum absolute atomic E-state index is 5.54. The molecule has 0 saturated carbocycles. The molecule has 3 nitrogen and oxygen atoms in total. The maximum Gasteiger partial charge on any atom is 0.0776 e. The molecule has 0 amide bonds. The lowest BCUT2D eigenvalue weighted by Gasteiger charge is -2.23. The van der Waals surface area contributed by atoms with Crippen LogP contribution in [0, 0.1) is 0 Å². The molecule has 0 bridgehead atoms. The number of nitrogens with one attached hydrogen (secondary N) is 1. The van der Waals surface area contributed by atoms with Crippen molar-refractivity contribution in [2.75, 3.05) is 26.9 Å². The third-order valence-corrected chi connectivity index (χ3v) is 2.49. The minimum Gasteiger partial charge on any atom is -0.379 e. The molecule has 1 aliphatic heterocycles. The molecule has 0 aromatic carbocycles. The number of methoxy groups -OCH3 is 1. The number of piperidine rings is 1. The summed E-state index contributed by atoms with van der Waals surface area (Å²) in [6.45, 7) is 4.70. The van der Waals surface area contributed by atoms with Gasteiger partial charge in [0, 0.05) is 13.2 Å².